The number of carbonyl (C=O) groups is 2. The average molecular weight is 1050 g/mol. The number of nitrogens with one attached hydrogen (secondary N) is 2. The standard InChI is InChI=1S/2C26H22F4N6O2/c1-13(2)35-11-19-14(3-6-21(34-19)26(28,29)30)17-10-32-25(36-12-33-22(23(17)36)24(35)37)31-9-16-15-7-8-38-20(15)5-4-18(16)27;1-13(2)35-11-14-7-21(26(28,29)30)31-8-16(14)18-10-33-25(36-12-34-22(23(18)36)24(35)37)32-9-17-15-5-6-38-20(15)4-3-19(17)27/h3-6,10,12-13H,7-9,11H2,1-2H3,(H,31,32);3-4,7-8,10,12-13H,5-6,9,11H2,1-2H3,(H,32,33). The zero-order valence-corrected chi connectivity index (χ0v) is 40.9. The minimum absolute atomic E-state index is 0.0453. The number of rotatable bonds is 8. The van der Waals surface area contributed by atoms with Crippen molar-refractivity contribution in [2.45, 2.75) is 91.2 Å². The van der Waals surface area contributed by atoms with Crippen molar-refractivity contribution < 1.29 is 54.2 Å². The maximum Gasteiger partial charge on any atom is 0.433 e. The molecule has 12 rings (SSSR count). The Kier molecular flexibility index (Phi) is 12.3. The molecule has 0 atom stereocenters. The van der Waals surface area contributed by atoms with E-state index in [0.29, 0.717) is 99.4 Å². The zero-order valence-electron chi connectivity index (χ0n) is 40.9. The van der Waals surface area contributed by atoms with E-state index in [4.69, 9.17) is 9.47 Å². The van der Waals surface area contributed by atoms with Crippen molar-refractivity contribution >= 4 is 34.7 Å². The molecule has 2 amide bonds. The van der Waals surface area contributed by atoms with Crippen LogP contribution in [-0.4, -0.2) is 85.6 Å². The summed E-state index contributed by atoms with van der Waals surface area (Å²) in [5, 5.41) is 6.26. The molecule has 2 aromatic carbocycles. The number of anilines is 2. The van der Waals surface area contributed by atoms with Crippen LogP contribution in [0.1, 0.15) is 93.6 Å². The first-order valence-corrected chi connectivity index (χ1v) is 24.1. The average Bonchev–Trinajstić information content (AvgIpc) is 4.28. The summed E-state index contributed by atoms with van der Waals surface area (Å²) in [5.41, 5.74) is 3.56. The van der Waals surface area contributed by atoms with Gasteiger partial charge in [0.05, 0.1) is 36.5 Å². The summed E-state index contributed by atoms with van der Waals surface area (Å²) in [6.07, 6.45) is -1.12. The molecule has 2 N–H and O–H groups in total. The fourth-order valence-corrected chi connectivity index (χ4v) is 9.99. The molecule has 0 unspecified atom stereocenters. The molecule has 0 saturated carbocycles. The van der Waals surface area contributed by atoms with Crippen LogP contribution < -0.4 is 20.1 Å². The summed E-state index contributed by atoms with van der Waals surface area (Å²) in [5.74, 6) is 0.275. The Bertz CT molecular complexity index is 3430. The van der Waals surface area contributed by atoms with Gasteiger partial charge in [0, 0.05) is 108 Å². The molecule has 24 heteroatoms. The van der Waals surface area contributed by atoms with Gasteiger partial charge in [0.25, 0.3) is 11.8 Å². The van der Waals surface area contributed by atoms with Crippen LogP contribution in [0.15, 0.2) is 73.7 Å². The fourth-order valence-electron chi connectivity index (χ4n) is 9.99. The van der Waals surface area contributed by atoms with Crippen molar-refractivity contribution in [1.29, 1.82) is 0 Å². The number of ether oxygens (including phenoxy) is 2. The van der Waals surface area contributed by atoms with Crippen molar-refractivity contribution in [1.82, 2.24) is 48.5 Å². The van der Waals surface area contributed by atoms with E-state index in [1.54, 1.807) is 48.6 Å². The number of carbonyl (C=O) groups excluding carboxylic acids is 2. The highest BCUT2D eigenvalue weighted by atomic mass is 19.4. The van der Waals surface area contributed by atoms with Crippen molar-refractivity contribution in [3.05, 3.63) is 142 Å². The third-order valence-corrected chi connectivity index (χ3v) is 13.8. The molecule has 8 aromatic rings. The lowest BCUT2D eigenvalue weighted by Gasteiger charge is -2.29. The molecule has 392 valence electrons. The summed E-state index contributed by atoms with van der Waals surface area (Å²) in [7, 11) is 0. The van der Waals surface area contributed by atoms with Gasteiger partial charge in [-0.2, -0.15) is 26.3 Å². The number of fused-ring (bicyclic) bond motifs is 6. The second kappa shape index (κ2) is 18.7. The summed E-state index contributed by atoms with van der Waals surface area (Å²) in [4.78, 5) is 55.2. The molecule has 0 aliphatic carbocycles. The zero-order chi connectivity index (χ0) is 53.5. The number of amides is 2. The van der Waals surface area contributed by atoms with E-state index in [1.807, 2.05) is 0 Å². The third-order valence-electron chi connectivity index (χ3n) is 13.8. The molecule has 0 saturated heterocycles. The quantitative estimate of drug-likeness (QED) is 0.138. The predicted molar refractivity (Wildman–Crippen MR) is 258 cm³/mol. The van der Waals surface area contributed by atoms with Crippen LogP contribution in [0.5, 0.6) is 11.5 Å². The number of hydrogen-bond donors (Lipinski definition) is 2. The van der Waals surface area contributed by atoms with Gasteiger partial charge in [-0.15, -0.1) is 0 Å². The summed E-state index contributed by atoms with van der Waals surface area (Å²) < 4.78 is 124. The van der Waals surface area contributed by atoms with Gasteiger partial charge in [-0.25, -0.2) is 33.7 Å². The molecule has 0 fully saturated rings. The van der Waals surface area contributed by atoms with Gasteiger partial charge in [0.1, 0.15) is 47.2 Å². The number of imidazole rings is 2. The van der Waals surface area contributed by atoms with Crippen LogP contribution in [0, 0.1) is 11.6 Å². The minimum Gasteiger partial charge on any atom is -0.493 e. The Balaban J connectivity index is 0.000000162. The Morgan fingerprint density at radius 3 is 1.58 bits per heavy atom. The summed E-state index contributed by atoms with van der Waals surface area (Å²) >= 11 is 0. The van der Waals surface area contributed by atoms with E-state index in [-0.39, 0.29) is 67.0 Å². The van der Waals surface area contributed by atoms with Crippen LogP contribution in [0.2, 0.25) is 0 Å². The number of hydrogen-bond acceptors (Lipinski definition) is 12. The molecule has 0 bridgehead atoms. The number of halogens is 8. The highest BCUT2D eigenvalue weighted by Gasteiger charge is 2.38. The van der Waals surface area contributed by atoms with E-state index in [0.717, 1.165) is 29.5 Å². The number of benzene rings is 2. The third kappa shape index (κ3) is 8.67. The van der Waals surface area contributed by atoms with E-state index in [1.165, 1.54) is 53.0 Å². The van der Waals surface area contributed by atoms with E-state index in [2.05, 4.69) is 40.5 Å². The predicted octanol–water partition coefficient (Wildman–Crippen LogP) is 9.72. The van der Waals surface area contributed by atoms with Crippen LogP contribution in [0.25, 0.3) is 33.3 Å². The Morgan fingerprint density at radius 1 is 0.592 bits per heavy atom. The smallest absolute Gasteiger partial charge is 0.433 e. The lowest BCUT2D eigenvalue weighted by Crippen LogP contribution is -2.38. The van der Waals surface area contributed by atoms with E-state index in [9.17, 15) is 44.7 Å². The molecule has 4 aliphatic heterocycles. The first-order valence-electron chi connectivity index (χ1n) is 24.1. The van der Waals surface area contributed by atoms with Crippen LogP contribution >= 0.6 is 0 Å². The van der Waals surface area contributed by atoms with Crippen molar-refractivity contribution in [3.63, 3.8) is 0 Å². The minimum atomic E-state index is -4.63. The molecule has 16 nitrogen and oxygen atoms in total. The van der Waals surface area contributed by atoms with E-state index >= 15 is 0 Å². The number of alkyl halides is 6. The molecule has 76 heavy (non-hydrogen) atoms. The van der Waals surface area contributed by atoms with Gasteiger partial charge in [-0.05, 0) is 69.7 Å². The summed E-state index contributed by atoms with van der Waals surface area (Å²) in [6, 6.07) is 8.53. The van der Waals surface area contributed by atoms with Crippen molar-refractivity contribution in [2.75, 3.05) is 23.8 Å². The van der Waals surface area contributed by atoms with Crippen molar-refractivity contribution in [2.24, 2.45) is 0 Å². The lowest BCUT2D eigenvalue weighted by atomic mass is 9.98. The monoisotopic (exact) mass is 1050 g/mol. The normalized spacial score (nSPS) is 14.8. The van der Waals surface area contributed by atoms with Gasteiger partial charge in [0.15, 0.2) is 11.4 Å². The molecule has 4 aliphatic rings. The molecule has 10 heterocycles. The van der Waals surface area contributed by atoms with Crippen LogP contribution in [0.3, 0.4) is 0 Å². The Labute approximate surface area is 426 Å². The van der Waals surface area contributed by atoms with Gasteiger partial charge in [-0.1, -0.05) is 6.07 Å². The number of aromatic nitrogens is 8. The van der Waals surface area contributed by atoms with Gasteiger partial charge >= 0.3 is 12.4 Å². The first kappa shape index (κ1) is 49.8. The highest BCUT2D eigenvalue weighted by Crippen LogP contribution is 2.40. The molecular weight excluding hydrogens is 1010 g/mol. The fraction of sp³-hybridized carbons (Fsp3) is 0.308. The Morgan fingerprint density at radius 2 is 1.08 bits per heavy atom. The second-order valence-electron chi connectivity index (χ2n) is 19.0. The van der Waals surface area contributed by atoms with Gasteiger partial charge in [0.2, 0.25) is 11.9 Å². The highest BCUT2D eigenvalue weighted by molar-refractivity contribution is 6.05. The number of nitrogens with zero attached hydrogens (tertiary/aromatic N) is 10. The second-order valence-corrected chi connectivity index (χ2v) is 19.0. The van der Waals surface area contributed by atoms with Gasteiger partial charge in [-0.3, -0.25) is 23.4 Å². The van der Waals surface area contributed by atoms with Crippen molar-refractivity contribution in [3.8, 4) is 33.8 Å². The maximum atomic E-state index is 14.7. The SMILES string of the molecule is CC(C)N1Cc2cc(C(F)(F)F)ncc2-c2cnc(NCc3c(F)ccc4c3CCO4)n3cnc(c23)C1=O.CC(C)N1Cc2nc(C(F)(F)F)ccc2-c2cnc(NCc3c(F)ccc4c3CCO4)n3cnc(c23)C1=O. The molecular formula is C52H44F8N12O4. The summed E-state index contributed by atoms with van der Waals surface area (Å²) in [6.45, 7) is 8.13. The Hall–Kier alpha value is -8.44. The molecule has 0 radical (unpaired) electrons. The van der Waals surface area contributed by atoms with Crippen LogP contribution in [-0.2, 0) is 51.4 Å². The topological polar surface area (TPSA) is 169 Å². The lowest BCUT2D eigenvalue weighted by molar-refractivity contribution is -0.142. The van der Waals surface area contributed by atoms with Gasteiger partial charge < -0.3 is 29.9 Å². The maximum absolute atomic E-state index is 14.7. The number of pyridine rings is 2. The molecule has 0 spiro atoms. The molecule has 6 aromatic heterocycles. The van der Waals surface area contributed by atoms with E-state index < -0.39 is 35.6 Å². The van der Waals surface area contributed by atoms with Crippen LogP contribution in [0.4, 0.5) is 47.0 Å². The largest absolute Gasteiger partial charge is 0.493 e. The first-order chi connectivity index (χ1) is 36.3.